The second-order valence-electron chi connectivity index (χ2n) is 6.16. The largest absolute Gasteiger partial charge is 0.493 e. The molecule has 2 aromatic carbocycles. The summed E-state index contributed by atoms with van der Waals surface area (Å²) in [5.41, 5.74) is 2.22. The minimum atomic E-state index is -0.174. The van der Waals surface area contributed by atoms with Crippen LogP contribution in [-0.4, -0.2) is 25.4 Å². The maximum absolute atomic E-state index is 12.6. The Hall–Kier alpha value is -2.14. The van der Waals surface area contributed by atoms with Crippen molar-refractivity contribution in [1.82, 2.24) is 5.32 Å². The van der Waals surface area contributed by atoms with Crippen molar-refractivity contribution in [3.05, 3.63) is 53.6 Å². The Balaban J connectivity index is 2.06. The lowest BCUT2D eigenvalue weighted by Crippen LogP contribution is -2.34. The van der Waals surface area contributed by atoms with Crippen LogP contribution >= 0.6 is 11.8 Å². The third-order valence-corrected chi connectivity index (χ3v) is 5.35. The molecule has 0 aliphatic carbocycles. The van der Waals surface area contributed by atoms with Crippen LogP contribution in [0.4, 0.5) is 0 Å². The number of nitrogens with one attached hydrogen (secondary N) is 1. The molecular formula is C21H27NO3S. The van der Waals surface area contributed by atoms with Crippen LogP contribution in [0.2, 0.25) is 0 Å². The van der Waals surface area contributed by atoms with E-state index in [0.29, 0.717) is 11.5 Å². The normalized spacial score (nSPS) is 13.0. The average molecular weight is 374 g/mol. The summed E-state index contributed by atoms with van der Waals surface area (Å²) < 4.78 is 10.7. The number of methoxy groups -OCH3 is 2. The van der Waals surface area contributed by atoms with Crippen LogP contribution < -0.4 is 14.8 Å². The molecule has 0 spiro atoms. The van der Waals surface area contributed by atoms with E-state index >= 15 is 0 Å². The summed E-state index contributed by atoms with van der Waals surface area (Å²) in [6.07, 6.45) is 0.795. The van der Waals surface area contributed by atoms with E-state index in [-0.39, 0.29) is 17.2 Å². The number of hydrogen-bond donors (Lipinski definition) is 1. The van der Waals surface area contributed by atoms with Crippen molar-refractivity contribution in [2.24, 2.45) is 0 Å². The predicted octanol–water partition coefficient (Wildman–Crippen LogP) is 4.76. The van der Waals surface area contributed by atoms with Gasteiger partial charge in [-0.15, -0.1) is 11.8 Å². The van der Waals surface area contributed by atoms with Crippen molar-refractivity contribution in [2.45, 2.75) is 43.4 Å². The fourth-order valence-corrected chi connectivity index (χ4v) is 3.53. The molecule has 0 saturated heterocycles. The Morgan fingerprint density at radius 3 is 2.31 bits per heavy atom. The van der Waals surface area contributed by atoms with Crippen molar-refractivity contribution >= 4 is 17.7 Å². The van der Waals surface area contributed by atoms with E-state index in [4.69, 9.17) is 9.47 Å². The zero-order chi connectivity index (χ0) is 19.1. The molecule has 0 aliphatic rings. The van der Waals surface area contributed by atoms with Gasteiger partial charge in [0.15, 0.2) is 11.5 Å². The molecule has 1 amide bonds. The Morgan fingerprint density at radius 2 is 1.73 bits per heavy atom. The van der Waals surface area contributed by atoms with Gasteiger partial charge in [0.05, 0.1) is 25.5 Å². The van der Waals surface area contributed by atoms with Crippen molar-refractivity contribution in [3.8, 4) is 11.5 Å². The van der Waals surface area contributed by atoms with E-state index in [1.807, 2.05) is 25.1 Å². The van der Waals surface area contributed by atoms with Crippen LogP contribution in [0, 0.1) is 6.92 Å². The molecule has 26 heavy (non-hydrogen) atoms. The lowest BCUT2D eigenvalue weighted by Gasteiger charge is -2.21. The van der Waals surface area contributed by atoms with Gasteiger partial charge in [-0.05, 0) is 50.1 Å². The van der Waals surface area contributed by atoms with Crippen LogP contribution in [-0.2, 0) is 4.79 Å². The van der Waals surface area contributed by atoms with E-state index < -0.39 is 0 Å². The summed E-state index contributed by atoms with van der Waals surface area (Å²) in [5, 5.41) is 2.97. The fraction of sp³-hybridized carbons (Fsp3) is 0.381. The molecule has 0 aliphatic heterocycles. The smallest absolute Gasteiger partial charge is 0.233 e. The highest BCUT2D eigenvalue weighted by Gasteiger charge is 2.20. The third kappa shape index (κ3) is 5.18. The van der Waals surface area contributed by atoms with Crippen molar-refractivity contribution in [1.29, 1.82) is 0 Å². The standard InChI is InChI=1S/C21H27NO3S/c1-6-18(16-9-12-19(24-4)20(13-16)25-5)22-21(23)15(3)26-17-10-7-14(2)8-11-17/h7-13,15,18H,6H2,1-5H3,(H,22,23)/t15-,18+/m0/s1. The molecule has 5 heteroatoms. The Morgan fingerprint density at radius 1 is 1.08 bits per heavy atom. The molecule has 140 valence electrons. The monoisotopic (exact) mass is 373 g/mol. The summed E-state index contributed by atoms with van der Waals surface area (Å²) >= 11 is 1.57. The summed E-state index contributed by atoms with van der Waals surface area (Å²) in [4.78, 5) is 13.7. The average Bonchev–Trinajstić information content (AvgIpc) is 2.67. The first-order valence-corrected chi connectivity index (χ1v) is 9.62. The summed E-state index contributed by atoms with van der Waals surface area (Å²) in [6, 6.07) is 13.9. The van der Waals surface area contributed by atoms with Crippen LogP contribution in [0.5, 0.6) is 11.5 Å². The summed E-state index contributed by atoms with van der Waals surface area (Å²) in [7, 11) is 3.22. The number of ether oxygens (including phenoxy) is 2. The number of carbonyl (C=O) groups excluding carboxylic acids is 1. The predicted molar refractivity (Wildman–Crippen MR) is 107 cm³/mol. The highest BCUT2D eigenvalue weighted by molar-refractivity contribution is 8.00. The highest BCUT2D eigenvalue weighted by Crippen LogP contribution is 2.31. The maximum atomic E-state index is 12.6. The zero-order valence-corrected chi connectivity index (χ0v) is 16.9. The lowest BCUT2D eigenvalue weighted by atomic mass is 10.0. The summed E-state index contributed by atoms with van der Waals surface area (Å²) in [6.45, 7) is 6.04. The molecule has 0 heterocycles. The Kier molecular flexibility index (Phi) is 7.39. The number of thioether (sulfide) groups is 1. The molecule has 2 atom stereocenters. The summed E-state index contributed by atoms with van der Waals surface area (Å²) in [5.74, 6) is 1.37. The zero-order valence-electron chi connectivity index (χ0n) is 16.0. The molecule has 0 fully saturated rings. The number of amides is 1. The van der Waals surface area contributed by atoms with E-state index in [1.54, 1.807) is 26.0 Å². The van der Waals surface area contributed by atoms with Crippen LogP contribution in [0.1, 0.15) is 37.4 Å². The molecular weight excluding hydrogens is 346 g/mol. The van der Waals surface area contributed by atoms with Gasteiger partial charge in [0.25, 0.3) is 0 Å². The number of carbonyl (C=O) groups is 1. The molecule has 0 bridgehead atoms. The van der Waals surface area contributed by atoms with Gasteiger partial charge >= 0.3 is 0 Å². The van der Waals surface area contributed by atoms with Gasteiger partial charge in [0.1, 0.15) is 0 Å². The van der Waals surface area contributed by atoms with E-state index in [0.717, 1.165) is 16.9 Å². The SMILES string of the molecule is CC[C@@H](NC(=O)[C@H](C)Sc1ccc(C)cc1)c1ccc(OC)c(OC)c1. The second-order valence-corrected chi connectivity index (χ2v) is 7.57. The van der Waals surface area contributed by atoms with E-state index in [2.05, 4.69) is 43.4 Å². The first-order valence-electron chi connectivity index (χ1n) is 8.74. The van der Waals surface area contributed by atoms with Gasteiger partial charge in [-0.3, -0.25) is 4.79 Å². The van der Waals surface area contributed by atoms with Crippen LogP contribution in [0.25, 0.3) is 0 Å². The van der Waals surface area contributed by atoms with Gasteiger partial charge in [-0.25, -0.2) is 0 Å². The number of aryl methyl sites for hydroxylation is 1. The molecule has 4 nitrogen and oxygen atoms in total. The van der Waals surface area contributed by atoms with E-state index in [9.17, 15) is 4.79 Å². The fourth-order valence-electron chi connectivity index (χ4n) is 2.65. The number of hydrogen-bond acceptors (Lipinski definition) is 4. The van der Waals surface area contributed by atoms with E-state index in [1.165, 1.54) is 5.56 Å². The van der Waals surface area contributed by atoms with Crippen LogP contribution in [0.15, 0.2) is 47.4 Å². The van der Waals surface area contributed by atoms with Gasteiger partial charge in [0.2, 0.25) is 5.91 Å². The first kappa shape index (κ1) is 20.2. The number of rotatable bonds is 8. The minimum Gasteiger partial charge on any atom is -0.493 e. The van der Waals surface area contributed by atoms with Crippen molar-refractivity contribution < 1.29 is 14.3 Å². The van der Waals surface area contributed by atoms with Crippen molar-refractivity contribution in [2.75, 3.05) is 14.2 Å². The molecule has 2 aromatic rings. The first-order chi connectivity index (χ1) is 12.5. The molecule has 1 N–H and O–H groups in total. The third-order valence-electron chi connectivity index (χ3n) is 4.24. The molecule has 0 aromatic heterocycles. The second kappa shape index (κ2) is 9.53. The topological polar surface area (TPSA) is 47.6 Å². The Labute approximate surface area is 160 Å². The molecule has 0 radical (unpaired) electrons. The van der Waals surface area contributed by atoms with Gasteiger partial charge in [-0.2, -0.15) is 0 Å². The van der Waals surface area contributed by atoms with Crippen LogP contribution in [0.3, 0.4) is 0 Å². The maximum Gasteiger partial charge on any atom is 0.233 e. The van der Waals surface area contributed by atoms with Gasteiger partial charge in [-0.1, -0.05) is 30.7 Å². The lowest BCUT2D eigenvalue weighted by molar-refractivity contribution is -0.121. The molecule has 2 rings (SSSR count). The quantitative estimate of drug-likeness (QED) is 0.678. The highest BCUT2D eigenvalue weighted by atomic mass is 32.2. The Bertz CT molecular complexity index is 731. The molecule has 0 unspecified atom stereocenters. The minimum absolute atomic E-state index is 0.0252. The van der Waals surface area contributed by atoms with Gasteiger partial charge in [0, 0.05) is 4.90 Å². The molecule has 0 saturated carbocycles. The van der Waals surface area contributed by atoms with Crippen molar-refractivity contribution in [3.63, 3.8) is 0 Å². The number of benzene rings is 2. The van der Waals surface area contributed by atoms with Gasteiger partial charge < -0.3 is 14.8 Å².